The first kappa shape index (κ1) is 24.8. The van der Waals surface area contributed by atoms with Gasteiger partial charge in [0.1, 0.15) is 11.1 Å². The number of hydrogen-bond donors (Lipinski definition) is 4. The van der Waals surface area contributed by atoms with Crippen LogP contribution in [0.2, 0.25) is 0 Å². The molecule has 1 atom stereocenters. The average Bonchev–Trinajstić information content (AvgIpc) is 3.17. The van der Waals surface area contributed by atoms with Crippen LogP contribution in [0.4, 0.5) is 16.6 Å². The number of H-pyrrole nitrogens is 1. The summed E-state index contributed by atoms with van der Waals surface area (Å²) in [6, 6.07) is 3.74. The van der Waals surface area contributed by atoms with Crippen molar-refractivity contribution in [3.8, 4) is 0 Å². The summed E-state index contributed by atoms with van der Waals surface area (Å²) in [4.78, 5) is 19.7. The second-order valence-electron chi connectivity index (χ2n) is 8.99. The number of aromatic nitrogens is 5. The van der Waals surface area contributed by atoms with Gasteiger partial charge in [0.2, 0.25) is 0 Å². The maximum Gasteiger partial charge on any atom is 0.267 e. The van der Waals surface area contributed by atoms with Crippen molar-refractivity contribution in [3.63, 3.8) is 0 Å². The minimum Gasteiger partial charge on any atom is -0.383 e. The van der Waals surface area contributed by atoms with Crippen molar-refractivity contribution in [2.75, 3.05) is 31.4 Å². The van der Waals surface area contributed by atoms with Crippen LogP contribution in [0.5, 0.6) is 0 Å². The van der Waals surface area contributed by atoms with Gasteiger partial charge in [-0.1, -0.05) is 11.3 Å². The zero-order valence-corrected chi connectivity index (χ0v) is 22.5. The van der Waals surface area contributed by atoms with E-state index in [-0.39, 0.29) is 11.4 Å². The third kappa shape index (κ3) is 4.89. The zero-order chi connectivity index (χ0) is 25.4. The van der Waals surface area contributed by atoms with E-state index in [1.54, 1.807) is 18.0 Å². The van der Waals surface area contributed by atoms with Gasteiger partial charge in [0.25, 0.3) is 5.91 Å². The Morgan fingerprint density at radius 2 is 2.22 bits per heavy atom. The number of carbonyl (C=O) groups excluding carboxylic acids is 1. The second kappa shape index (κ2) is 9.90. The van der Waals surface area contributed by atoms with E-state index in [9.17, 15) is 9.90 Å². The highest BCUT2D eigenvalue weighted by Gasteiger charge is 2.48. The minimum absolute atomic E-state index is 0.0893. The molecule has 1 aliphatic carbocycles. The molecule has 1 saturated carbocycles. The number of benzene rings is 1. The molecule has 36 heavy (non-hydrogen) atoms. The zero-order valence-electron chi connectivity index (χ0n) is 20.1. The number of fused-ring (bicyclic) bond motifs is 1. The molecule has 3 aromatic heterocycles. The average molecular weight is 575 g/mol. The lowest BCUT2D eigenvalue weighted by molar-refractivity contribution is -0.0481. The monoisotopic (exact) mass is 574 g/mol. The molecule has 0 saturated heterocycles. The van der Waals surface area contributed by atoms with Gasteiger partial charge < -0.3 is 20.5 Å². The summed E-state index contributed by atoms with van der Waals surface area (Å²) in [5, 5.41) is 29.8. The van der Waals surface area contributed by atoms with E-state index in [1.807, 2.05) is 37.2 Å². The molecular formula is C23H27BrN8O3S. The number of aromatic amines is 1. The van der Waals surface area contributed by atoms with Gasteiger partial charge in [-0.25, -0.2) is 4.98 Å². The summed E-state index contributed by atoms with van der Waals surface area (Å²) in [7, 11) is 3.60. The number of aliphatic hydroxyl groups is 1. The predicted molar refractivity (Wildman–Crippen MR) is 142 cm³/mol. The van der Waals surface area contributed by atoms with Crippen molar-refractivity contribution in [2.24, 2.45) is 0 Å². The third-order valence-electron chi connectivity index (χ3n) is 6.50. The fourth-order valence-corrected chi connectivity index (χ4v) is 5.34. The summed E-state index contributed by atoms with van der Waals surface area (Å²) < 4.78 is 7.80. The molecule has 0 aliphatic heterocycles. The molecule has 1 aromatic carbocycles. The number of methoxy groups -OCH3 is 1. The number of aryl methyl sites for hydroxylation is 1. The van der Waals surface area contributed by atoms with Crippen LogP contribution in [-0.2, 0) is 11.3 Å². The lowest BCUT2D eigenvalue weighted by Crippen LogP contribution is -2.46. The molecule has 0 radical (unpaired) electrons. The van der Waals surface area contributed by atoms with E-state index in [0.717, 1.165) is 33.8 Å². The van der Waals surface area contributed by atoms with Gasteiger partial charge >= 0.3 is 0 Å². The minimum atomic E-state index is -0.691. The van der Waals surface area contributed by atoms with E-state index in [0.29, 0.717) is 34.7 Å². The molecule has 0 bridgehead atoms. The Balaban J connectivity index is 1.24. The number of anilines is 3. The number of nitrogens with one attached hydrogen (secondary N) is 3. The summed E-state index contributed by atoms with van der Waals surface area (Å²) in [5.41, 5.74) is 2.28. The summed E-state index contributed by atoms with van der Waals surface area (Å²) in [5.74, 6) is 0.350. The standard InChI is InChI=1S/C23H27BrN8O3S/c1-13-10-32(11-18(33)31(2)23(6-7-23)12-35-3)30-20(13)28-22-25-9-17(36-22)21(34)27-19-14-8-26-29-16(14)5-4-15(19)24/h4-5,8-10,18,33H,6-7,11-12H2,1-3H3,(H,26,29)(H,27,34)(H,25,28,30). The quantitative estimate of drug-likeness (QED) is 0.211. The number of halogens is 1. The molecule has 190 valence electrons. The van der Waals surface area contributed by atoms with Gasteiger partial charge in [-0.2, -0.15) is 10.2 Å². The van der Waals surface area contributed by atoms with Gasteiger partial charge in [0.15, 0.2) is 10.9 Å². The topological polar surface area (TPSA) is 133 Å². The SMILES string of the molecule is COCC1(N(C)C(O)Cn2cc(C)c(Nc3ncc(C(=O)Nc4c(Br)ccc5[nH]ncc45)s3)n2)CC1. The molecule has 13 heteroatoms. The van der Waals surface area contributed by atoms with Gasteiger partial charge in [-0.3, -0.25) is 19.5 Å². The normalized spacial score (nSPS) is 15.4. The highest BCUT2D eigenvalue weighted by atomic mass is 79.9. The molecule has 1 unspecified atom stereocenters. The van der Waals surface area contributed by atoms with E-state index in [1.165, 1.54) is 17.5 Å². The highest BCUT2D eigenvalue weighted by molar-refractivity contribution is 9.10. The predicted octanol–water partition coefficient (Wildman–Crippen LogP) is 3.71. The van der Waals surface area contributed by atoms with Gasteiger partial charge in [-0.05, 0) is 54.9 Å². The van der Waals surface area contributed by atoms with Gasteiger partial charge in [0.05, 0.1) is 36.7 Å². The number of carbonyl (C=O) groups is 1. The first-order valence-corrected chi connectivity index (χ1v) is 13.0. The Kier molecular flexibility index (Phi) is 6.83. The number of likely N-dealkylation sites (N-methyl/N-ethyl adjacent to an activating group) is 1. The molecule has 4 aromatic rings. The van der Waals surface area contributed by atoms with Crippen LogP contribution >= 0.6 is 27.3 Å². The largest absolute Gasteiger partial charge is 0.383 e. The maximum atomic E-state index is 12.9. The summed E-state index contributed by atoms with van der Waals surface area (Å²) >= 11 is 4.72. The molecule has 1 amide bonds. The van der Waals surface area contributed by atoms with Crippen molar-refractivity contribution in [2.45, 2.75) is 38.1 Å². The fraction of sp³-hybridized carbons (Fsp3) is 0.391. The third-order valence-corrected chi connectivity index (χ3v) is 8.07. The Labute approximate surface area is 220 Å². The first-order chi connectivity index (χ1) is 17.3. The van der Waals surface area contributed by atoms with Gasteiger partial charge in [-0.15, -0.1) is 0 Å². The van der Waals surface area contributed by atoms with Crippen molar-refractivity contribution in [1.82, 2.24) is 29.9 Å². The molecule has 0 spiro atoms. The van der Waals surface area contributed by atoms with Crippen LogP contribution in [-0.4, -0.2) is 73.4 Å². The lowest BCUT2D eigenvalue weighted by Gasteiger charge is -2.31. The number of rotatable bonds is 10. The van der Waals surface area contributed by atoms with Crippen LogP contribution in [0.25, 0.3) is 10.9 Å². The molecule has 5 rings (SSSR count). The molecule has 3 heterocycles. The Bertz CT molecular complexity index is 1400. The molecular weight excluding hydrogens is 548 g/mol. The van der Waals surface area contributed by atoms with Crippen LogP contribution in [0.15, 0.2) is 35.2 Å². The highest BCUT2D eigenvalue weighted by Crippen LogP contribution is 2.42. The van der Waals surface area contributed by atoms with E-state index in [4.69, 9.17) is 4.74 Å². The van der Waals surface area contributed by atoms with Crippen LogP contribution in [0, 0.1) is 6.92 Å². The summed E-state index contributed by atoms with van der Waals surface area (Å²) in [6.07, 6.45) is 6.40. The van der Waals surface area contributed by atoms with Crippen molar-refractivity contribution in [3.05, 3.63) is 45.6 Å². The van der Waals surface area contributed by atoms with E-state index in [2.05, 4.69) is 46.8 Å². The molecule has 11 nitrogen and oxygen atoms in total. The fourth-order valence-electron chi connectivity index (χ4n) is 4.19. The number of thiazole rings is 1. The Hall–Kier alpha value is -2.84. The van der Waals surface area contributed by atoms with Crippen molar-refractivity contribution >= 4 is 60.7 Å². The Morgan fingerprint density at radius 3 is 2.97 bits per heavy atom. The number of amides is 1. The van der Waals surface area contributed by atoms with Crippen LogP contribution < -0.4 is 10.6 Å². The summed E-state index contributed by atoms with van der Waals surface area (Å²) in [6.45, 7) is 2.85. The van der Waals surface area contributed by atoms with E-state index >= 15 is 0 Å². The van der Waals surface area contributed by atoms with Crippen molar-refractivity contribution in [1.29, 1.82) is 0 Å². The first-order valence-electron chi connectivity index (χ1n) is 11.4. The van der Waals surface area contributed by atoms with Crippen LogP contribution in [0.1, 0.15) is 28.1 Å². The number of nitrogens with zero attached hydrogens (tertiary/aromatic N) is 5. The molecule has 1 fully saturated rings. The van der Waals surface area contributed by atoms with Crippen molar-refractivity contribution < 1.29 is 14.6 Å². The number of ether oxygens (including phenoxy) is 1. The lowest BCUT2D eigenvalue weighted by atomic mass is 10.2. The molecule has 1 aliphatic rings. The molecule has 4 N–H and O–H groups in total. The van der Waals surface area contributed by atoms with Crippen LogP contribution in [0.3, 0.4) is 0 Å². The van der Waals surface area contributed by atoms with Gasteiger partial charge in [0, 0.05) is 34.3 Å². The second-order valence-corrected chi connectivity index (χ2v) is 10.9. The smallest absolute Gasteiger partial charge is 0.267 e. The Morgan fingerprint density at radius 1 is 1.42 bits per heavy atom. The van der Waals surface area contributed by atoms with E-state index < -0.39 is 6.23 Å². The number of aliphatic hydroxyl groups excluding tert-OH is 1. The maximum absolute atomic E-state index is 12.9. The number of hydrogen-bond acceptors (Lipinski definition) is 9.